The average Bonchev–Trinajstić information content (AvgIpc) is 2.60. The molecule has 2 rings (SSSR count). The number of rotatable bonds is 8. The number of carbonyl (C=O) groups is 1. The van der Waals surface area contributed by atoms with Crippen LogP contribution in [-0.2, 0) is 9.53 Å². The molecule has 6 heteroatoms. The summed E-state index contributed by atoms with van der Waals surface area (Å²) in [7, 11) is 1.72. The number of amides is 1. The van der Waals surface area contributed by atoms with Crippen LogP contribution >= 0.6 is 12.4 Å². The predicted molar refractivity (Wildman–Crippen MR) is 103 cm³/mol. The average molecular weight is 371 g/mol. The molecule has 0 aliphatic carbocycles. The van der Waals surface area contributed by atoms with Gasteiger partial charge in [0.05, 0.1) is 6.61 Å². The van der Waals surface area contributed by atoms with E-state index in [1.807, 2.05) is 38.1 Å². The van der Waals surface area contributed by atoms with Gasteiger partial charge in [-0.3, -0.25) is 4.79 Å². The van der Waals surface area contributed by atoms with Gasteiger partial charge in [0.25, 0.3) is 5.91 Å². The maximum absolute atomic E-state index is 12.6. The highest BCUT2D eigenvalue weighted by Crippen LogP contribution is 2.28. The van der Waals surface area contributed by atoms with E-state index in [2.05, 4.69) is 10.6 Å². The minimum Gasteiger partial charge on any atom is -0.480 e. The van der Waals surface area contributed by atoms with E-state index in [1.165, 1.54) is 0 Å². The van der Waals surface area contributed by atoms with Crippen LogP contribution in [0.2, 0.25) is 0 Å². The van der Waals surface area contributed by atoms with Gasteiger partial charge in [-0.2, -0.15) is 0 Å². The maximum atomic E-state index is 12.6. The first kappa shape index (κ1) is 21.7. The van der Waals surface area contributed by atoms with Crippen LogP contribution in [0.25, 0.3) is 0 Å². The standard InChI is InChI=1S/C19H30N2O3.ClH/c1-4-16(24-17-8-6-5-7-15(17)2)18(22)21-13-19(14-23-3)9-11-20-12-10-19;/h5-8,16,20H,4,9-14H2,1-3H3,(H,21,22);1H. The number of piperidine rings is 1. The van der Waals surface area contributed by atoms with Crippen LogP contribution in [0.4, 0.5) is 0 Å². The lowest BCUT2D eigenvalue weighted by Gasteiger charge is -2.37. The highest BCUT2D eigenvalue weighted by molar-refractivity contribution is 5.85. The van der Waals surface area contributed by atoms with Crippen molar-refractivity contribution in [1.29, 1.82) is 0 Å². The Morgan fingerprint density at radius 3 is 2.60 bits per heavy atom. The lowest BCUT2D eigenvalue weighted by molar-refractivity contribution is -0.129. The molecule has 1 amide bonds. The number of hydrogen-bond donors (Lipinski definition) is 2. The largest absolute Gasteiger partial charge is 0.480 e. The van der Waals surface area contributed by atoms with E-state index < -0.39 is 6.10 Å². The van der Waals surface area contributed by atoms with Crippen LogP contribution in [0, 0.1) is 12.3 Å². The second-order valence-electron chi connectivity index (χ2n) is 6.68. The molecule has 1 unspecified atom stereocenters. The first-order valence-corrected chi connectivity index (χ1v) is 8.80. The second-order valence-corrected chi connectivity index (χ2v) is 6.68. The number of methoxy groups -OCH3 is 1. The van der Waals surface area contributed by atoms with Crippen molar-refractivity contribution < 1.29 is 14.3 Å². The van der Waals surface area contributed by atoms with Crippen molar-refractivity contribution in [2.45, 2.75) is 39.2 Å². The third-order valence-corrected chi connectivity index (χ3v) is 4.78. The molecule has 0 aromatic heterocycles. The summed E-state index contributed by atoms with van der Waals surface area (Å²) in [6.07, 6.45) is 2.19. The molecule has 1 aliphatic heterocycles. The Balaban J connectivity index is 0.00000312. The number of carbonyl (C=O) groups excluding carboxylic acids is 1. The van der Waals surface area contributed by atoms with Gasteiger partial charge in [-0.1, -0.05) is 25.1 Å². The smallest absolute Gasteiger partial charge is 0.261 e. The Morgan fingerprint density at radius 1 is 1.32 bits per heavy atom. The van der Waals surface area contributed by atoms with Crippen LogP contribution in [0.5, 0.6) is 5.75 Å². The van der Waals surface area contributed by atoms with Gasteiger partial charge in [0, 0.05) is 19.1 Å². The summed E-state index contributed by atoms with van der Waals surface area (Å²) in [5, 5.41) is 6.46. The molecule has 1 heterocycles. The number of aryl methyl sites for hydroxylation is 1. The van der Waals surface area contributed by atoms with Gasteiger partial charge in [0.2, 0.25) is 0 Å². The zero-order chi connectivity index (χ0) is 17.4. The summed E-state index contributed by atoms with van der Waals surface area (Å²) in [5.41, 5.74) is 1.06. The molecule has 25 heavy (non-hydrogen) atoms. The Bertz CT molecular complexity index is 528. The Labute approximate surface area is 157 Å². The van der Waals surface area contributed by atoms with Crippen molar-refractivity contribution in [3.63, 3.8) is 0 Å². The quantitative estimate of drug-likeness (QED) is 0.738. The van der Waals surface area contributed by atoms with Crippen molar-refractivity contribution >= 4 is 18.3 Å². The SMILES string of the molecule is CCC(Oc1ccccc1C)C(=O)NCC1(COC)CCNCC1.Cl. The van der Waals surface area contributed by atoms with Crippen LogP contribution in [0.1, 0.15) is 31.7 Å². The molecular weight excluding hydrogens is 340 g/mol. The number of halogens is 1. The van der Waals surface area contributed by atoms with Gasteiger partial charge in [0.15, 0.2) is 6.10 Å². The summed E-state index contributed by atoms with van der Waals surface area (Å²) in [6.45, 7) is 7.20. The minimum atomic E-state index is -0.465. The summed E-state index contributed by atoms with van der Waals surface area (Å²) < 4.78 is 11.3. The summed E-state index contributed by atoms with van der Waals surface area (Å²) in [4.78, 5) is 12.6. The van der Waals surface area contributed by atoms with E-state index in [-0.39, 0.29) is 23.7 Å². The van der Waals surface area contributed by atoms with Gasteiger partial charge < -0.3 is 20.1 Å². The first-order valence-electron chi connectivity index (χ1n) is 8.80. The van der Waals surface area contributed by atoms with Gasteiger partial charge in [-0.05, 0) is 50.9 Å². The molecule has 2 N–H and O–H groups in total. The van der Waals surface area contributed by atoms with Crippen molar-refractivity contribution in [2.75, 3.05) is 33.4 Å². The summed E-state index contributed by atoms with van der Waals surface area (Å²) in [5.74, 6) is 0.725. The Hall–Kier alpha value is -1.30. The van der Waals surface area contributed by atoms with Crippen molar-refractivity contribution in [3.8, 4) is 5.75 Å². The molecule has 5 nitrogen and oxygen atoms in total. The molecule has 1 atom stereocenters. The summed E-state index contributed by atoms with van der Waals surface area (Å²) in [6, 6.07) is 7.79. The number of para-hydroxylation sites is 1. The fraction of sp³-hybridized carbons (Fsp3) is 0.632. The van der Waals surface area contributed by atoms with E-state index in [0.29, 0.717) is 19.6 Å². The van der Waals surface area contributed by atoms with E-state index in [1.54, 1.807) is 7.11 Å². The van der Waals surface area contributed by atoms with Crippen LogP contribution in [0.3, 0.4) is 0 Å². The molecule has 1 aromatic rings. The zero-order valence-electron chi connectivity index (χ0n) is 15.5. The molecule has 0 saturated carbocycles. The number of nitrogens with one attached hydrogen (secondary N) is 2. The topological polar surface area (TPSA) is 59.6 Å². The first-order chi connectivity index (χ1) is 11.6. The highest BCUT2D eigenvalue weighted by atomic mass is 35.5. The minimum absolute atomic E-state index is 0. The molecule has 0 radical (unpaired) electrons. The van der Waals surface area contributed by atoms with Gasteiger partial charge in [-0.15, -0.1) is 12.4 Å². The fourth-order valence-electron chi connectivity index (χ4n) is 3.19. The Kier molecular flexibility index (Phi) is 9.25. The van der Waals surface area contributed by atoms with E-state index in [4.69, 9.17) is 9.47 Å². The molecule has 142 valence electrons. The fourth-order valence-corrected chi connectivity index (χ4v) is 3.19. The summed E-state index contributed by atoms with van der Waals surface area (Å²) >= 11 is 0. The zero-order valence-corrected chi connectivity index (χ0v) is 16.3. The van der Waals surface area contributed by atoms with Gasteiger partial charge in [-0.25, -0.2) is 0 Å². The molecule has 1 aliphatic rings. The number of benzene rings is 1. The van der Waals surface area contributed by atoms with Crippen LogP contribution in [0.15, 0.2) is 24.3 Å². The third kappa shape index (κ3) is 6.17. The molecule has 1 saturated heterocycles. The molecular formula is C19H31ClN2O3. The maximum Gasteiger partial charge on any atom is 0.261 e. The lowest BCUT2D eigenvalue weighted by atomic mass is 9.79. The third-order valence-electron chi connectivity index (χ3n) is 4.78. The lowest BCUT2D eigenvalue weighted by Crippen LogP contribution is -2.49. The van der Waals surface area contributed by atoms with Crippen molar-refractivity contribution in [1.82, 2.24) is 10.6 Å². The van der Waals surface area contributed by atoms with E-state index >= 15 is 0 Å². The molecule has 1 aromatic carbocycles. The predicted octanol–water partition coefficient (Wildman–Crippen LogP) is 2.71. The van der Waals surface area contributed by atoms with Gasteiger partial charge >= 0.3 is 0 Å². The molecule has 0 bridgehead atoms. The highest BCUT2D eigenvalue weighted by Gasteiger charge is 2.33. The number of hydrogen-bond acceptors (Lipinski definition) is 4. The Morgan fingerprint density at radius 2 is 2.00 bits per heavy atom. The van der Waals surface area contributed by atoms with Crippen molar-refractivity contribution in [3.05, 3.63) is 29.8 Å². The second kappa shape index (κ2) is 10.6. The van der Waals surface area contributed by atoms with E-state index in [0.717, 1.165) is 37.2 Å². The molecule has 1 fully saturated rings. The van der Waals surface area contributed by atoms with Crippen LogP contribution in [-0.4, -0.2) is 45.4 Å². The van der Waals surface area contributed by atoms with Crippen LogP contribution < -0.4 is 15.4 Å². The molecule has 0 spiro atoms. The monoisotopic (exact) mass is 370 g/mol. The van der Waals surface area contributed by atoms with Gasteiger partial charge in [0.1, 0.15) is 5.75 Å². The van der Waals surface area contributed by atoms with E-state index in [9.17, 15) is 4.79 Å². The normalized spacial score (nSPS) is 17.2. The number of ether oxygens (including phenoxy) is 2. The van der Waals surface area contributed by atoms with Crippen molar-refractivity contribution in [2.24, 2.45) is 5.41 Å².